The number of hydrogen-bond acceptors (Lipinski definition) is 3. The molecule has 1 amide bonds. The third kappa shape index (κ3) is 3.18. The van der Waals surface area contributed by atoms with Crippen LogP contribution in [-0.4, -0.2) is 34.6 Å². The van der Waals surface area contributed by atoms with Gasteiger partial charge in [-0.3, -0.25) is 4.79 Å². The third-order valence-corrected chi connectivity index (χ3v) is 4.93. The number of β-amino-alcohol motifs (C(OH)–C–C–N with tert-alkyl or cyclic N) is 1. The fourth-order valence-electron chi connectivity index (χ4n) is 2.58. The van der Waals surface area contributed by atoms with Crippen molar-refractivity contribution in [3.8, 4) is 0 Å². The van der Waals surface area contributed by atoms with Crippen LogP contribution in [0.4, 0.5) is 0 Å². The molecule has 1 atom stereocenters. The predicted octanol–water partition coefficient (Wildman–Crippen LogP) is 2.86. The van der Waals surface area contributed by atoms with Crippen molar-refractivity contribution in [1.82, 2.24) is 4.90 Å². The number of hydrogen-bond donors (Lipinski definition) is 1. The molecule has 0 saturated carbocycles. The second-order valence-electron chi connectivity index (χ2n) is 5.64. The Bertz CT molecular complexity index is 465. The molecule has 0 aliphatic carbocycles. The molecule has 1 N–H and O–H groups in total. The number of carbonyl (C=O) groups excluding carboxylic acids is 1. The van der Waals surface area contributed by atoms with E-state index in [-0.39, 0.29) is 5.91 Å². The summed E-state index contributed by atoms with van der Waals surface area (Å²) >= 11 is 1.63. The van der Waals surface area contributed by atoms with E-state index in [0.29, 0.717) is 19.5 Å². The topological polar surface area (TPSA) is 40.5 Å². The molecule has 1 fully saturated rings. The predicted molar refractivity (Wildman–Crippen MR) is 78.8 cm³/mol. The van der Waals surface area contributed by atoms with Crippen LogP contribution in [0.5, 0.6) is 0 Å². The Kier molecular flexibility index (Phi) is 4.31. The van der Waals surface area contributed by atoms with Crippen molar-refractivity contribution in [2.75, 3.05) is 13.1 Å². The molecule has 106 valence electrons. The van der Waals surface area contributed by atoms with E-state index in [1.54, 1.807) is 23.2 Å². The monoisotopic (exact) mass is 281 g/mol. The Morgan fingerprint density at radius 3 is 2.79 bits per heavy atom. The van der Waals surface area contributed by atoms with Crippen molar-refractivity contribution in [3.05, 3.63) is 21.4 Å². The highest BCUT2D eigenvalue weighted by atomic mass is 32.1. The number of rotatable bonds is 4. The number of aliphatic hydroxyl groups is 1. The van der Waals surface area contributed by atoms with Crippen LogP contribution >= 0.6 is 11.3 Å². The van der Waals surface area contributed by atoms with E-state index in [9.17, 15) is 9.90 Å². The van der Waals surface area contributed by atoms with Crippen LogP contribution in [0.3, 0.4) is 0 Å². The summed E-state index contributed by atoms with van der Waals surface area (Å²) in [4.78, 5) is 16.4. The van der Waals surface area contributed by atoms with Gasteiger partial charge in [0.15, 0.2) is 0 Å². The summed E-state index contributed by atoms with van der Waals surface area (Å²) < 4.78 is 0. The van der Waals surface area contributed by atoms with Crippen molar-refractivity contribution in [1.29, 1.82) is 0 Å². The maximum atomic E-state index is 12.4. The van der Waals surface area contributed by atoms with Gasteiger partial charge in [0.25, 0.3) is 5.91 Å². The summed E-state index contributed by atoms with van der Waals surface area (Å²) in [6.07, 6.45) is 3.82. The zero-order valence-corrected chi connectivity index (χ0v) is 12.8. The lowest BCUT2D eigenvalue weighted by Crippen LogP contribution is -2.33. The Balaban J connectivity index is 2.15. The molecule has 1 unspecified atom stereocenters. The van der Waals surface area contributed by atoms with Crippen LogP contribution in [-0.2, 0) is 12.8 Å². The van der Waals surface area contributed by atoms with Gasteiger partial charge in [-0.2, -0.15) is 0 Å². The number of nitrogens with zero attached hydrogens (tertiary/aromatic N) is 1. The van der Waals surface area contributed by atoms with Crippen molar-refractivity contribution in [3.63, 3.8) is 0 Å². The van der Waals surface area contributed by atoms with Crippen molar-refractivity contribution in [2.45, 2.75) is 52.1 Å². The molecule has 1 aromatic rings. The summed E-state index contributed by atoms with van der Waals surface area (Å²) in [7, 11) is 0. The average Bonchev–Trinajstić information content (AvgIpc) is 2.92. The summed E-state index contributed by atoms with van der Waals surface area (Å²) in [5, 5.41) is 9.96. The van der Waals surface area contributed by atoms with Gasteiger partial charge in [0, 0.05) is 18.0 Å². The number of carbonyl (C=O) groups is 1. The van der Waals surface area contributed by atoms with Gasteiger partial charge >= 0.3 is 0 Å². The number of likely N-dealkylation sites (tertiary alicyclic amines) is 1. The number of amides is 1. The van der Waals surface area contributed by atoms with Gasteiger partial charge in [-0.05, 0) is 37.8 Å². The van der Waals surface area contributed by atoms with Crippen LogP contribution in [0.15, 0.2) is 6.07 Å². The molecule has 2 rings (SSSR count). The second kappa shape index (κ2) is 5.63. The smallest absolute Gasteiger partial charge is 0.264 e. The maximum absolute atomic E-state index is 12.4. The van der Waals surface area contributed by atoms with Crippen LogP contribution in [0.25, 0.3) is 0 Å². The Hall–Kier alpha value is -0.870. The first-order chi connectivity index (χ1) is 8.96. The third-order valence-electron chi connectivity index (χ3n) is 3.70. The summed E-state index contributed by atoms with van der Waals surface area (Å²) in [6.45, 7) is 7.21. The lowest BCUT2D eigenvalue weighted by Gasteiger charge is -2.18. The first-order valence-electron chi connectivity index (χ1n) is 7.10. The fourth-order valence-corrected chi connectivity index (χ4v) is 3.91. The molecule has 0 radical (unpaired) electrons. The minimum absolute atomic E-state index is 0.0832. The molecule has 19 heavy (non-hydrogen) atoms. The van der Waals surface area contributed by atoms with Crippen molar-refractivity contribution in [2.24, 2.45) is 0 Å². The minimum Gasteiger partial charge on any atom is -0.388 e. The van der Waals surface area contributed by atoms with E-state index in [1.165, 1.54) is 10.4 Å². The molecule has 3 nitrogen and oxygen atoms in total. The van der Waals surface area contributed by atoms with E-state index in [0.717, 1.165) is 24.1 Å². The molecule has 0 spiro atoms. The number of aryl methyl sites for hydroxylation is 2. The number of thiophene rings is 1. The van der Waals surface area contributed by atoms with E-state index in [1.807, 2.05) is 6.07 Å². The quantitative estimate of drug-likeness (QED) is 0.922. The zero-order valence-electron chi connectivity index (χ0n) is 12.0. The van der Waals surface area contributed by atoms with Gasteiger partial charge < -0.3 is 10.0 Å². The van der Waals surface area contributed by atoms with Crippen molar-refractivity contribution < 1.29 is 9.90 Å². The highest BCUT2D eigenvalue weighted by molar-refractivity contribution is 7.14. The molecular formula is C15H23NO2S. The fraction of sp³-hybridized carbons (Fsp3) is 0.667. The standard InChI is InChI=1S/C15H23NO2S/c1-4-6-12-11(5-2)9-13(19-12)14(17)16-8-7-15(3,18)10-16/h9,18H,4-8,10H2,1-3H3. The molecule has 0 bridgehead atoms. The van der Waals surface area contributed by atoms with E-state index >= 15 is 0 Å². The lowest BCUT2D eigenvalue weighted by atomic mass is 10.1. The van der Waals surface area contributed by atoms with E-state index < -0.39 is 5.60 Å². The molecule has 4 heteroatoms. The first-order valence-corrected chi connectivity index (χ1v) is 7.91. The van der Waals surface area contributed by atoms with Crippen LogP contribution in [0.1, 0.15) is 53.7 Å². The lowest BCUT2D eigenvalue weighted by molar-refractivity contribution is 0.0575. The maximum Gasteiger partial charge on any atom is 0.264 e. The molecular weight excluding hydrogens is 258 g/mol. The molecule has 2 heterocycles. The van der Waals surface area contributed by atoms with E-state index in [2.05, 4.69) is 13.8 Å². The van der Waals surface area contributed by atoms with E-state index in [4.69, 9.17) is 0 Å². The molecule has 0 aromatic carbocycles. The summed E-state index contributed by atoms with van der Waals surface area (Å²) in [5.41, 5.74) is 0.591. The largest absolute Gasteiger partial charge is 0.388 e. The van der Waals surface area contributed by atoms with Gasteiger partial charge in [0.2, 0.25) is 0 Å². The highest BCUT2D eigenvalue weighted by Crippen LogP contribution is 2.28. The van der Waals surface area contributed by atoms with Crippen LogP contribution in [0, 0.1) is 0 Å². The average molecular weight is 281 g/mol. The Morgan fingerprint density at radius 1 is 1.53 bits per heavy atom. The van der Waals surface area contributed by atoms with Crippen LogP contribution in [0.2, 0.25) is 0 Å². The first kappa shape index (κ1) is 14.5. The Morgan fingerprint density at radius 2 is 2.26 bits per heavy atom. The minimum atomic E-state index is -0.716. The highest BCUT2D eigenvalue weighted by Gasteiger charge is 2.34. The second-order valence-corrected chi connectivity index (χ2v) is 6.77. The Labute approximate surface area is 119 Å². The summed E-state index contributed by atoms with van der Waals surface area (Å²) in [5.74, 6) is 0.0832. The van der Waals surface area contributed by atoms with Gasteiger partial charge in [-0.1, -0.05) is 20.3 Å². The molecule has 1 saturated heterocycles. The van der Waals surface area contributed by atoms with Gasteiger partial charge in [-0.15, -0.1) is 11.3 Å². The molecule has 1 aliphatic rings. The van der Waals surface area contributed by atoms with Gasteiger partial charge in [0.1, 0.15) is 0 Å². The SMILES string of the molecule is CCCc1sc(C(=O)N2CCC(C)(O)C2)cc1CC. The summed E-state index contributed by atoms with van der Waals surface area (Å²) in [6, 6.07) is 2.05. The normalized spacial score (nSPS) is 23.1. The van der Waals surface area contributed by atoms with Crippen molar-refractivity contribution >= 4 is 17.2 Å². The van der Waals surface area contributed by atoms with Gasteiger partial charge in [0.05, 0.1) is 10.5 Å². The molecule has 1 aliphatic heterocycles. The zero-order chi connectivity index (χ0) is 14.0. The van der Waals surface area contributed by atoms with Crippen LogP contribution < -0.4 is 0 Å². The van der Waals surface area contributed by atoms with Gasteiger partial charge in [-0.25, -0.2) is 0 Å². The molecule has 1 aromatic heterocycles.